The fourth-order valence-electron chi connectivity index (χ4n) is 3.53. The number of hydrogen-bond donors (Lipinski definition) is 2. The number of pyridine rings is 1. The summed E-state index contributed by atoms with van der Waals surface area (Å²) < 4.78 is 7.01. The first-order valence-corrected chi connectivity index (χ1v) is 10.7. The molecule has 152 valence electrons. The molecule has 0 radical (unpaired) electrons. The van der Waals surface area contributed by atoms with Crippen molar-refractivity contribution < 1.29 is 9.53 Å². The van der Waals surface area contributed by atoms with Crippen LogP contribution >= 0.6 is 11.3 Å². The zero-order chi connectivity index (χ0) is 20.2. The maximum atomic E-state index is 11.8. The van der Waals surface area contributed by atoms with E-state index in [0.717, 1.165) is 28.4 Å². The number of amides is 1. The van der Waals surface area contributed by atoms with Gasteiger partial charge in [0, 0.05) is 38.0 Å². The zero-order valence-electron chi connectivity index (χ0n) is 16.6. The Bertz CT molecular complexity index is 1010. The van der Waals surface area contributed by atoms with Crippen molar-refractivity contribution in [2.75, 3.05) is 32.0 Å². The number of ether oxygens (including phenoxy) is 1. The number of carbonyl (C=O) groups is 1. The molecule has 0 aliphatic carbocycles. The topological polar surface area (TPSA) is 79.4 Å². The summed E-state index contributed by atoms with van der Waals surface area (Å²) in [5.41, 5.74) is 1.28. The molecule has 1 amide bonds. The third kappa shape index (κ3) is 4.65. The molecule has 1 aliphatic rings. The third-order valence-corrected chi connectivity index (χ3v) is 6.02. The van der Waals surface area contributed by atoms with E-state index in [0.29, 0.717) is 23.2 Å². The summed E-state index contributed by atoms with van der Waals surface area (Å²) in [5.74, 6) is 1.03. The van der Waals surface area contributed by atoms with Gasteiger partial charge in [-0.15, -0.1) is 0 Å². The second-order valence-electron chi connectivity index (χ2n) is 7.08. The molecule has 1 unspecified atom stereocenters. The van der Waals surface area contributed by atoms with Gasteiger partial charge in [-0.2, -0.15) is 0 Å². The van der Waals surface area contributed by atoms with Crippen LogP contribution in [0.2, 0.25) is 0 Å². The lowest BCUT2D eigenvalue weighted by Crippen LogP contribution is -2.41. The van der Waals surface area contributed by atoms with Gasteiger partial charge in [0.15, 0.2) is 5.13 Å². The van der Waals surface area contributed by atoms with E-state index >= 15 is 0 Å². The summed E-state index contributed by atoms with van der Waals surface area (Å²) in [6, 6.07) is 9.65. The first-order chi connectivity index (χ1) is 14.1. The lowest BCUT2D eigenvalue weighted by molar-refractivity contribution is 0.0958. The van der Waals surface area contributed by atoms with Crippen LogP contribution in [0.3, 0.4) is 0 Å². The molecule has 3 aromatic rings. The van der Waals surface area contributed by atoms with E-state index in [2.05, 4.69) is 27.4 Å². The Balaban J connectivity index is 1.48. The highest BCUT2D eigenvalue weighted by atomic mass is 32.1. The number of nitrogens with zero attached hydrogens (tertiary/aromatic N) is 3. The summed E-state index contributed by atoms with van der Waals surface area (Å²) >= 11 is 1.64. The number of hydrogen-bond acceptors (Lipinski definition) is 7. The average Bonchev–Trinajstić information content (AvgIpc) is 3.15. The van der Waals surface area contributed by atoms with Crippen molar-refractivity contribution in [3.8, 4) is 11.5 Å². The maximum Gasteiger partial charge on any atom is 0.269 e. The number of rotatable bonds is 6. The van der Waals surface area contributed by atoms with Crippen LogP contribution in [0.5, 0.6) is 11.5 Å². The Hall–Kier alpha value is -2.71. The highest BCUT2D eigenvalue weighted by molar-refractivity contribution is 7.22. The lowest BCUT2D eigenvalue weighted by atomic mass is 10.1. The number of fused-ring (bicyclic) bond motifs is 1. The van der Waals surface area contributed by atoms with Crippen LogP contribution in [0, 0.1) is 0 Å². The minimum atomic E-state index is -0.242. The number of aromatic nitrogens is 2. The molecular weight excluding hydrogens is 386 g/mol. The summed E-state index contributed by atoms with van der Waals surface area (Å²) in [6.07, 6.45) is 3.96. The van der Waals surface area contributed by atoms with Crippen molar-refractivity contribution in [1.29, 1.82) is 0 Å². The highest BCUT2D eigenvalue weighted by Gasteiger charge is 2.19. The number of piperidine rings is 1. The maximum absolute atomic E-state index is 11.8. The number of nitrogens with one attached hydrogen (secondary N) is 2. The van der Waals surface area contributed by atoms with E-state index < -0.39 is 0 Å². The van der Waals surface area contributed by atoms with Crippen molar-refractivity contribution >= 4 is 32.6 Å². The van der Waals surface area contributed by atoms with E-state index in [1.165, 1.54) is 19.4 Å². The molecule has 0 spiro atoms. The molecule has 0 bridgehead atoms. The Morgan fingerprint density at radius 1 is 1.31 bits per heavy atom. The number of likely N-dealkylation sites (tertiary alicyclic amines) is 1. The van der Waals surface area contributed by atoms with E-state index in [-0.39, 0.29) is 5.91 Å². The fraction of sp³-hybridized carbons (Fsp3) is 0.381. The summed E-state index contributed by atoms with van der Waals surface area (Å²) in [6.45, 7) is 5.56. The quantitative estimate of drug-likeness (QED) is 0.643. The van der Waals surface area contributed by atoms with Crippen LogP contribution in [0.25, 0.3) is 10.2 Å². The fourth-order valence-corrected chi connectivity index (χ4v) is 4.50. The van der Waals surface area contributed by atoms with Crippen molar-refractivity contribution in [1.82, 2.24) is 20.2 Å². The van der Waals surface area contributed by atoms with Crippen LogP contribution in [-0.2, 0) is 0 Å². The largest absolute Gasteiger partial charge is 0.457 e. The zero-order valence-corrected chi connectivity index (χ0v) is 17.5. The van der Waals surface area contributed by atoms with Crippen LogP contribution in [-0.4, -0.2) is 53.5 Å². The number of benzene rings is 1. The number of likely N-dealkylation sites (N-methyl/N-ethyl adjacent to an activating group) is 1. The Morgan fingerprint density at radius 2 is 2.17 bits per heavy atom. The number of carbonyl (C=O) groups excluding carboxylic acids is 1. The number of anilines is 1. The van der Waals surface area contributed by atoms with Crippen molar-refractivity contribution in [2.24, 2.45) is 0 Å². The van der Waals surface area contributed by atoms with Gasteiger partial charge in [0.1, 0.15) is 17.2 Å². The van der Waals surface area contributed by atoms with Gasteiger partial charge in [-0.05, 0) is 44.1 Å². The van der Waals surface area contributed by atoms with Crippen molar-refractivity contribution in [2.45, 2.75) is 25.8 Å². The first-order valence-electron chi connectivity index (χ1n) is 9.90. The Labute approximate surface area is 174 Å². The van der Waals surface area contributed by atoms with Crippen LogP contribution in [0.4, 0.5) is 5.13 Å². The van der Waals surface area contributed by atoms with Crippen LogP contribution < -0.4 is 15.4 Å². The first kappa shape index (κ1) is 19.6. The standard InChI is InChI=1S/C21H25N5O2S/c1-3-26-10-4-5-14(13-26)24-21-25-17-7-6-15(12-19(17)29-21)28-16-8-9-23-18(11-16)20(27)22-2/h6-9,11-12,14H,3-5,10,13H2,1-2H3,(H,22,27)(H,24,25). The normalized spacial score (nSPS) is 17.2. The smallest absolute Gasteiger partial charge is 0.269 e. The van der Waals surface area contributed by atoms with Crippen LogP contribution in [0.1, 0.15) is 30.3 Å². The second kappa shape index (κ2) is 8.75. The molecule has 1 saturated heterocycles. The molecular formula is C21H25N5O2S. The van der Waals surface area contributed by atoms with Gasteiger partial charge in [-0.3, -0.25) is 9.78 Å². The Kier molecular flexibility index (Phi) is 5.92. The molecule has 2 aromatic heterocycles. The second-order valence-corrected chi connectivity index (χ2v) is 8.11. The Morgan fingerprint density at radius 3 is 3.00 bits per heavy atom. The highest BCUT2D eigenvalue weighted by Crippen LogP contribution is 2.32. The van der Waals surface area contributed by atoms with Gasteiger partial charge < -0.3 is 20.3 Å². The minimum absolute atomic E-state index is 0.242. The van der Waals surface area contributed by atoms with Gasteiger partial charge >= 0.3 is 0 Å². The van der Waals surface area contributed by atoms with Gasteiger partial charge in [0.05, 0.1) is 10.2 Å². The molecule has 1 fully saturated rings. The van der Waals surface area contributed by atoms with E-state index in [9.17, 15) is 4.79 Å². The summed E-state index contributed by atoms with van der Waals surface area (Å²) in [4.78, 5) is 23.0. The molecule has 0 saturated carbocycles. The summed E-state index contributed by atoms with van der Waals surface area (Å²) in [7, 11) is 1.58. The molecule has 3 heterocycles. The van der Waals surface area contributed by atoms with E-state index in [1.54, 1.807) is 36.7 Å². The molecule has 29 heavy (non-hydrogen) atoms. The molecule has 8 heteroatoms. The van der Waals surface area contributed by atoms with Crippen LogP contribution in [0.15, 0.2) is 36.5 Å². The summed E-state index contributed by atoms with van der Waals surface area (Å²) in [5, 5.41) is 7.12. The third-order valence-electron chi connectivity index (χ3n) is 5.07. The molecule has 7 nitrogen and oxygen atoms in total. The van der Waals surface area contributed by atoms with Gasteiger partial charge in [-0.1, -0.05) is 18.3 Å². The molecule has 1 atom stereocenters. The lowest BCUT2D eigenvalue weighted by Gasteiger charge is -2.32. The van der Waals surface area contributed by atoms with Crippen molar-refractivity contribution in [3.63, 3.8) is 0 Å². The van der Waals surface area contributed by atoms with Gasteiger partial charge in [0.25, 0.3) is 5.91 Å². The van der Waals surface area contributed by atoms with E-state index in [1.807, 2.05) is 18.2 Å². The molecule has 1 aliphatic heterocycles. The molecule has 4 rings (SSSR count). The minimum Gasteiger partial charge on any atom is -0.457 e. The van der Waals surface area contributed by atoms with Gasteiger partial charge in [0.2, 0.25) is 0 Å². The van der Waals surface area contributed by atoms with Gasteiger partial charge in [-0.25, -0.2) is 4.98 Å². The number of thiazole rings is 1. The van der Waals surface area contributed by atoms with Crippen molar-refractivity contribution in [3.05, 3.63) is 42.2 Å². The average molecular weight is 412 g/mol. The monoisotopic (exact) mass is 411 g/mol. The van der Waals surface area contributed by atoms with E-state index in [4.69, 9.17) is 9.72 Å². The molecule has 2 N–H and O–H groups in total. The SMILES string of the molecule is CCN1CCCC(Nc2nc3ccc(Oc4ccnc(C(=O)NC)c4)cc3s2)C1. The predicted octanol–water partition coefficient (Wildman–Crippen LogP) is 3.74. The predicted molar refractivity (Wildman–Crippen MR) is 116 cm³/mol. The molecule has 1 aromatic carbocycles.